The van der Waals surface area contributed by atoms with Crippen LogP contribution >= 0.6 is 0 Å². The number of likely N-dealkylation sites (tertiary alicyclic amines) is 2. The minimum atomic E-state index is -2.13. The van der Waals surface area contributed by atoms with Crippen molar-refractivity contribution in [3.63, 3.8) is 0 Å². The van der Waals surface area contributed by atoms with E-state index in [-0.39, 0.29) is 91.1 Å². The summed E-state index contributed by atoms with van der Waals surface area (Å²) in [5.74, 6) is -0.951. The van der Waals surface area contributed by atoms with E-state index in [0.717, 1.165) is 23.3 Å². The number of benzene rings is 2. The summed E-state index contributed by atoms with van der Waals surface area (Å²) in [5.41, 5.74) is 0.216. The first-order valence-corrected chi connectivity index (χ1v) is 20.4. The van der Waals surface area contributed by atoms with Crippen molar-refractivity contribution in [2.24, 2.45) is 0 Å². The van der Waals surface area contributed by atoms with Crippen molar-refractivity contribution in [3.8, 4) is 23.0 Å². The standard InChI is InChI=1S/C37H50N4O12Si/c1-23-13-25(21-42)38(19-23)35(43)27-15-31(49-6)33(17-29(27)40(45)46)51-11-10-12-52-34-18-30(41(47)48)28(16-32(34)50-7)36(44)39-20-24(2)14-26(39)22-53-54(8,9)37(3,4)5/h15-18,25-26,42H,1-2,10-14,19-22H2,3-9H3/t25-,26-/m0/s1. The first-order chi connectivity index (χ1) is 25.3. The summed E-state index contributed by atoms with van der Waals surface area (Å²) >= 11 is 0. The van der Waals surface area contributed by atoms with Gasteiger partial charge in [0.05, 0.1) is 74.7 Å². The van der Waals surface area contributed by atoms with Gasteiger partial charge in [-0.05, 0) is 31.0 Å². The Morgan fingerprint density at radius 3 is 1.63 bits per heavy atom. The number of aliphatic hydroxyl groups excluding tert-OH is 1. The second-order valence-electron chi connectivity index (χ2n) is 14.9. The third kappa shape index (κ3) is 9.19. The topological polar surface area (TPSA) is 193 Å². The van der Waals surface area contributed by atoms with Crippen LogP contribution in [-0.4, -0.2) is 111 Å². The van der Waals surface area contributed by atoms with Crippen molar-refractivity contribution < 1.29 is 47.9 Å². The van der Waals surface area contributed by atoms with Crippen molar-refractivity contribution in [2.45, 2.75) is 70.2 Å². The Morgan fingerprint density at radius 2 is 1.24 bits per heavy atom. The number of rotatable bonds is 16. The number of aliphatic hydroxyl groups is 1. The Hall–Kier alpha value is -5.00. The lowest BCUT2D eigenvalue weighted by molar-refractivity contribution is -0.385. The number of nitrogens with zero attached hydrogens (tertiary/aromatic N) is 4. The summed E-state index contributed by atoms with van der Waals surface area (Å²) in [6.45, 7) is 18.9. The van der Waals surface area contributed by atoms with E-state index in [1.54, 1.807) is 4.90 Å². The number of nitro benzene ring substituents is 2. The van der Waals surface area contributed by atoms with Crippen LogP contribution in [0.5, 0.6) is 23.0 Å². The lowest BCUT2D eigenvalue weighted by atomic mass is 10.1. The van der Waals surface area contributed by atoms with Crippen molar-refractivity contribution in [3.05, 3.63) is 79.9 Å². The van der Waals surface area contributed by atoms with Crippen LogP contribution in [0.25, 0.3) is 0 Å². The van der Waals surface area contributed by atoms with E-state index in [4.69, 9.17) is 23.4 Å². The molecular weight excluding hydrogens is 721 g/mol. The number of carbonyl (C=O) groups excluding carboxylic acids is 2. The molecule has 2 fully saturated rings. The average Bonchev–Trinajstić information content (AvgIpc) is 3.69. The van der Waals surface area contributed by atoms with Crippen LogP contribution in [0.3, 0.4) is 0 Å². The molecule has 1 N–H and O–H groups in total. The molecule has 16 nitrogen and oxygen atoms in total. The number of ether oxygens (including phenoxy) is 4. The number of hydrogen-bond acceptors (Lipinski definition) is 12. The van der Waals surface area contributed by atoms with E-state index >= 15 is 0 Å². The van der Waals surface area contributed by atoms with E-state index in [2.05, 4.69) is 47.0 Å². The number of nitro groups is 2. The molecule has 0 aliphatic carbocycles. The summed E-state index contributed by atoms with van der Waals surface area (Å²) in [5, 5.41) is 33.9. The third-order valence-electron chi connectivity index (χ3n) is 10.1. The smallest absolute Gasteiger partial charge is 0.286 e. The predicted octanol–water partition coefficient (Wildman–Crippen LogP) is 5.92. The molecule has 4 rings (SSSR count). The van der Waals surface area contributed by atoms with Gasteiger partial charge < -0.3 is 38.3 Å². The fourth-order valence-electron chi connectivity index (χ4n) is 6.08. The largest absolute Gasteiger partial charge is 0.493 e. The fraction of sp³-hybridized carbons (Fsp3) is 0.514. The molecule has 0 bridgehead atoms. The Bertz CT molecular complexity index is 1810. The second kappa shape index (κ2) is 17.0. The van der Waals surface area contributed by atoms with Gasteiger partial charge in [0.25, 0.3) is 23.2 Å². The van der Waals surface area contributed by atoms with Crippen LogP contribution in [0.15, 0.2) is 48.6 Å². The highest BCUT2D eigenvalue weighted by molar-refractivity contribution is 6.74. The molecule has 2 aromatic carbocycles. The van der Waals surface area contributed by atoms with Gasteiger partial charge in [0.2, 0.25) is 0 Å². The third-order valence-corrected chi connectivity index (χ3v) is 14.6. The zero-order valence-corrected chi connectivity index (χ0v) is 33.0. The van der Waals surface area contributed by atoms with E-state index in [1.165, 1.54) is 31.3 Å². The molecule has 0 saturated carbocycles. The van der Waals surface area contributed by atoms with Gasteiger partial charge in [-0.3, -0.25) is 29.8 Å². The summed E-state index contributed by atoms with van der Waals surface area (Å²) in [7, 11) is 0.554. The minimum Gasteiger partial charge on any atom is -0.493 e. The number of amides is 2. The van der Waals surface area contributed by atoms with Crippen LogP contribution in [0.4, 0.5) is 11.4 Å². The normalized spacial score (nSPS) is 17.5. The van der Waals surface area contributed by atoms with Gasteiger partial charge in [-0.25, -0.2) is 0 Å². The van der Waals surface area contributed by atoms with Crippen LogP contribution < -0.4 is 18.9 Å². The average molecular weight is 771 g/mol. The maximum Gasteiger partial charge on any atom is 0.286 e. The number of methoxy groups -OCH3 is 2. The Balaban J connectivity index is 1.46. The highest BCUT2D eigenvalue weighted by atomic mass is 28.4. The molecule has 0 spiro atoms. The zero-order chi connectivity index (χ0) is 40.1. The summed E-state index contributed by atoms with van der Waals surface area (Å²) in [6, 6.07) is 3.91. The highest BCUT2D eigenvalue weighted by Gasteiger charge is 2.41. The summed E-state index contributed by atoms with van der Waals surface area (Å²) in [6.07, 6.45) is 1.13. The van der Waals surface area contributed by atoms with Gasteiger partial charge >= 0.3 is 0 Å². The van der Waals surface area contributed by atoms with Gasteiger partial charge in [-0.2, -0.15) is 0 Å². The Kier molecular flexibility index (Phi) is 13.1. The molecule has 294 valence electrons. The molecule has 54 heavy (non-hydrogen) atoms. The van der Waals surface area contributed by atoms with Crippen LogP contribution in [0.2, 0.25) is 18.1 Å². The zero-order valence-electron chi connectivity index (χ0n) is 32.0. The molecule has 2 aliphatic heterocycles. The van der Waals surface area contributed by atoms with Crippen LogP contribution in [0.1, 0.15) is 60.7 Å². The first kappa shape index (κ1) is 41.7. The van der Waals surface area contributed by atoms with Crippen LogP contribution in [0, 0.1) is 20.2 Å². The molecule has 2 atom stereocenters. The molecular formula is C37H50N4O12Si. The Morgan fingerprint density at radius 1 is 0.815 bits per heavy atom. The SMILES string of the molecule is C=C1C[C@@H](CO)N(C(=O)c2cc(OC)c(OCCCOc3cc([N+](=O)[O-])c(C(=O)N4CC(=C)C[C@H]4CO[Si](C)(C)C(C)(C)C)cc3OC)cc2[N+](=O)[O-])C1. The summed E-state index contributed by atoms with van der Waals surface area (Å²) < 4.78 is 28.9. The van der Waals surface area contributed by atoms with Crippen molar-refractivity contribution >= 4 is 31.5 Å². The fourth-order valence-corrected chi connectivity index (χ4v) is 7.13. The van der Waals surface area contributed by atoms with Crippen LogP contribution in [-0.2, 0) is 4.43 Å². The predicted molar refractivity (Wildman–Crippen MR) is 202 cm³/mol. The van der Waals surface area contributed by atoms with E-state index in [9.17, 15) is 34.9 Å². The van der Waals surface area contributed by atoms with E-state index in [1.807, 2.05) is 0 Å². The van der Waals surface area contributed by atoms with Gasteiger partial charge in [-0.1, -0.05) is 45.1 Å². The molecule has 0 unspecified atom stereocenters. The van der Waals surface area contributed by atoms with Gasteiger partial charge in [0.1, 0.15) is 11.1 Å². The van der Waals surface area contributed by atoms with E-state index < -0.39 is 47.4 Å². The van der Waals surface area contributed by atoms with E-state index in [0.29, 0.717) is 12.8 Å². The maximum atomic E-state index is 13.9. The molecule has 2 aromatic rings. The molecule has 17 heteroatoms. The lowest BCUT2D eigenvalue weighted by Crippen LogP contribution is -2.46. The number of carbonyl (C=O) groups is 2. The molecule has 2 saturated heterocycles. The summed E-state index contributed by atoms with van der Waals surface area (Å²) in [4.78, 5) is 53.0. The first-order valence-electron chi connectivity index (χ1n) is 17.5. The van der Waals surface area contributed by atoms with Crippen molar-refractivity contribution in [2.75, 3.05) is 53.7 Å². The minimum absolute atomic E-state index is 0.0119. The quantitative estimate of drug-likeness (QED) is 0.0697. The van der Waals surface area contributed by atoms with Crippen molar-refractivity contribution in [1.29, 1.82) is 0 Å². The molecule has 2 heterocycles. The van der Waals surface area contributed by atoms with Gasteiger partial charge in [-0.15, -0.1) is 0 Å². The van der Waals surface area contributed by atoms with Gasteiger partial charge in [0, 0.05) is 31.6 Å². The molecule has 0 aromatic heterocycles. The molecule has 2 aliphatic rings. The lowest BCUT2D eigenvalue weighted by Gasteiger charge is -2.38. The number of hydrogen-bond donors (Lipinski definition) is 1. The second-order valence-corrected chi connectivity index (χ2v) is 19.8. The highest BCUT2D eigenvalue weighted by Crippen LogP contribution is 2.40. The maximum absolute atomic E-state index is 13.9. The van der Waals surface area contributed by atoms with Gasteiger partial charge in [0.15, 0.2) is 31.3 Å². The van der Waals surface area contributed by atoms with Crippen molar-refractivity contribution in [1.82, 2.24) is 9.80 Å². The molecule has 2 amide bonds. The monoisotopic (exact) mass is 770 g/mol. The molecule has 0 radical (unpaired) electrons. The Labute approximate surface area is 315 Å².